The predicted octanol–water partition coefficient (Wildman–Crippen LogP) is 16.0. The molecular formula is C104H88Cl6N18O17S3. The molecule has 756 valence electrons. The van der Waals surface area contributed by atoms with E-state index >= 15 is 0 Å². The first-order valence-corrected chi connectivity index (χ1v) is 51.4. The van der Waals surface area contributed by atoms with Crippen molar-refractivity contribution in [2.75, 3.05) is 28.4 Å². The number of sulfonamides is 3. The summed E-state index contributed by atoms with van der Waals surface area (Å²) >= 11 is 37.8. The number of rotatable bonds is 28. The minimum Gasteiger partial charge on any atom is -0.497 e. The second-order valence-electron chi connectivity index (χ2n) is 33.1. The first-order chi connectivity index (χ1) is 71.0. The number of H-pyrrole nitrogens is 1. The van der Waals surface area contributed by atoms with Crippen LogP contribution in [0.1, 0.15) is 39.3 Å². The summed E-state index contributed by atoms with van der Waals surface area (Å²) < 4.78 is 113. The Balaban J connectivity index is 0.000000147. The zero-order chi connectivity index (χ0) is 105. The SMILES string of the molecule is COc1ccc(CN(Cc2ccc(OC)cc2)S(=O)(=O)c2ccc(CO)nc2)cc1.COc1ccc(CN(Cc2ccc(OC)cc2)S(=O)(=O)c2ccc(Cn3c(=O)n(C)c(=O)c4c3nc(-c3ccccc3Cl)n4-c3ccc(Cl)cc3)nc2)cc1.Cn1c(=O)[nH]c2nc(-c3ccccc3Cl)n(-c3ccc(Cl)cc3)c2c1=O.Cn1c(=O)c2c(nc(-c3ccccc3Cl)n2-c2ccc(Cl)cc2)n(Cc2ccc(S(N)(=O)=O)cn2)c1=O. The second-order valence-corrected chi connectivity index (χ2v) is 41.0. The Bertz CT molecular complexity index is 8840. The molecule has 0 bridgehead atoms. The molecule has 0 saturated heterocycles. The molecule has 44 heteroatoms. The van der Waals surface area contributed by atoms with Crippen LogP contribution in [0.5, 0.6) is 23.0 Å². The summed E-state index contributed by atoms with van der Waals surface area (Å²) in [7, 11) is -1.39. The number of nitrogens with two attached hydrogens (primary N) is 1. The number of halogens is 6. The lowest BCUT2D eigenvalue weighted by Crippen LogP contribution is -2.39. The van der Waals surface area contributed by atoms with Crippen molar-refractivity contribution in [3.05, 3.63) is 430 Å². The van der Waals surface area contributed by atoms with Crippen LogP contribution in [0.2, 0.25) is 30.1 Å². The van der Waals surface area contributed by atoms with Crippen LogP contribution in [0.4, 0.5) is 0 Å². The fourth-order valence-electron chi connectivity index (χ4n) is 15.8. The van der Waals surface area contributed by atoms with Gasteiger partial charge >= 0.3 is 17.1 Å². The van der Waals surface area contributed by atoms with Gasteiger partial charge in [-0.25, -0.2) is 59.7 Å². The summed E-state index contributed by atoms with van der Waals surface area (Å²) in [5, 5.41) is 17.2. The molecule has 0 radical (unpaired) electrons. The molecule has 19 aromatic rings. The fraction of sp³-hybridized carbons (Fsp3) is 0.135. The maximum Gasteiger partial charge on any atom is 0.332 e. The first-order valence-electron chi connectivity index (χ1n) is 44.7. The van der Waals surface area contributed by atoms with Gasteiger partial charge in [0.05, 0.1) is 80.3 Å². The average molecular weight is 2170 g/mol. The largest absolute Gasteiger partial charge is 0.497 e. The highest BCUT2D eigenvalue weighted by molar-refractivity contribution is 7.89. The second kappa shape index (κ2) is 45.4. The number of aliphatic hydroxyl groups excluding tert-OH is 1. The Morgan fingerprint density at radius 3 is 0.932 bits per heavy atom. The number of aromatic amines is 1. The van der Waals surface area contributed by atoms with Crippen molar-refractivity contribution in [1.29, 1.82) is 0 Å². The third-order valence-electron chi connectivity index (χ3n) is 23.7. The molecule has 0 fully saturated rings. The van der Waals surface area contributed by atoms with Gasteiger partial charge in [0, 0.05) is 115 Å². The van der Waals surface area contributed by atoms with E-state index in [0.717, 1.165) is 42.2 Å². The van der Waals surface area contributed by atoms with E-state index in [2.05, 4.69) is 24.9 Å². The highest BCUT2D eigenvalue weighted by Crippen LogP contribution is 2.38. The number of primary sulfonamides is 1. The number of fused-ring (bicyclic) bond motifs is 3. The van der Waals surface area contributed by atoms with E-state index in [-0.39, 0.29) is 94.1 Å². The van der Waals surface area contributed by atoms with Crippen LogP contribution in [-0.2, 0) is 97.1 Å². The van der Waals surface area contributed by atoms with Crippen molar-refractivity contribution in [1.82, 2.24) is 80.0 Å². The smallest absolute Gasteiger partial charge is 0.332 e. The standard InChI is InChI=1S/C40H34Cl2N6O6S.C24H18Cl2N6O4S.C22H24N2O5S.C18H12Cl2N4O2/c1-45-39(49)36-38(44-37(34-6-4-5-7-35(34)42)48(36)30-15-12-28(41)13-16-30)47(40(45)50)25-29-14-21-33(22-43-29)55(51,52)46(23-26-8-17-31(53-2)18-9-26)24-27-10-19-32(54-3)20-11-27;1-30-23(33)20-22(31(24(30)34)13-15-8-11-17(12-28-15)37(27,35)36)29-21(18-4-2-3-5-19(18)26)32(20)16-9-6-14(25)7-10-16;1-28-20-8-3-17(4-9-20)14-24(15-18-5-10-21(29-2)11-6-18)30(26,27)22-12-7-19(16-25)23-13-22;1-23-17(25)14-15(22-18(23)26)21-16(12-4-2-3-5-13(12)20)24(14)11-8-6-10(19)7-9-11/h4-22H,23-25H2,1-3H3;2-12H,13H2,1H3,(H2,27,35,36);3-13,25H,14-16H2,1-2H3;2-9H,1H3,(H,22,26). The zero-order valence-electron chi connectivity index (χ0n) is 79.4. The summed E-state index contributed by atoms with van der Waals surface area (Å²) in [6, 6.07) is 79.5. The van der Waals surface area contributed by atoms with Crippen LogP contribution in [0.25, 0.3) is 84.7 Å². The highest BCUT2D eigenvalue weighted by Gasteiger charge is 2.32. The van der Waals surface area contributed by atoms with Gasteiger partial charge in [-0.3, -0.25) is 70.9 Å². The van der Waals surface area contributed by atoms with Gasteiger partial charge in [0.15, 0.2) is 33.5 Å². The number of nitrogens with zero attached hydrogens (tertiary/aromatic N) is 16. The van der Waals surface area contributed by atoms with Crippen molar-refractivity contribution in [3.63, 3.8) is 0 Å². The van der Waals surface area contributed by atoms with Crippen LogP contribution < -0.4 is 57.8 Å². The molecule has 19 rings (SSSR count). The number of ether oxygens (including phenoxy) is 4. The number of hydrogen-bond donors (Lipinski definition) is 3. The molecule has 10 aromatic carbocycles. The van der Waals surface area contributed by atoms with Crippen molar-refractivity contribution < 1.29 is 49.3 Å². The van der Waals surface area contributed by atoms with Gasteiger partial charge in [0.1, 0.15) is 55.2 Å². The lowest BCUT2D eigenvalue weighted by atomic mass is 10.2. The van der Waals surface area contributed by atoms with E-state index in [9.17, 15) is 59.1 Å². The maximum atomic E-state index is 14.2. The van der Waals surface area contributed by atoms with Crippen LogP contribution in [0.15, 0.2) is 341 Å². The topological polar surface area (TPSA) is 427 Å². The highest BCUT2D eigenvalue weighted by atomic mass is 35.5. The number of aliphatic hydroxyl groups is 1. The van der Waals surface area contributed by atoms with E-state index in [1.165, 1.54) is 81.6 Å². The van der Waals surface area contributed by atoms with Gasteiger partial charge in [-0.15, -0.1) is 0 Å². The number of aromatic nitrogens is 15. The Morgan fingerprint density at radius 1 is 0.351 bits per heavy atom. The molecule has 9 heterocycles. The third-order valence-corrected chi connectivity index (χ3v) is 29.9. The Morgan fingerprint density at radius 2 is 0.642 bits per heavy atom. The van der Waals surface area contributed by atoms with Gasteiger partial charge in [-0.1, -0.05) is 155 Å². The summed E-state index contributed by atoms with van der Waals surface area (Å²) in [6.45, 7) is 0.0613. The molecule has 0 aliphatic carbocycles. The van der Waals surface area contributed by atoms with E-state index in [1.807, 2.05) is 60.7 Å². The van der Waals surface area contributed by atoms with E-state index < -0.39 is 63.8 Å². The van der Waals surface area contributed by atoms with Crippen LogP contribution >= 0.6 is 69.6 Å². The minimum atomic E-state index is -4.09. The van der Waals surface area contributed by atoms with Crippen LogP contribution in [-0.4, -0.2) is 139 Å². The van der Waals surface area contributed by atoms with Gasteiger partial charge in [-0.05, 0) is 216 Å². The molecular weight excluding hydrogens is 2080 g/mol. The summed E-state index contributed by atoms with van der Waals surface area (Å²) in [5.41, 5.74) is 5.41. The number of benzene rings is 10. The molecule has 35 nitrogen and oxygen atoms in total. The molecule has 0 atom stereocenters. The van der Waals surface area contributed by atoms with Gasteiger partial charge in [-0.2, -0.15) is 8.61 Å². The number of pyridine rings is 3. The Hall–Kier alpha value is -15.3. The molecule has 4 N–H and O–H groups in total. The van der Waals surface area contributed by atoms with Crippen molar-refractivity contribution in [3.8, 4) is 74.2 Å². The van der Waals surface area contributed by atoms with Crippen molar-refractivity contribution >= 4 is 133 Å². The number of nitrogens with one attached hydrogen (secondary N) is 1. The van der Waals surface area contributed by atoms with Gasteiger partial charge in [0.25, 0.3) is 16.7 Å². The van der Waals surface area contributed by atoms with E-state index in [4.69, 9.17) is 104 Å². The van der Waals surface area contributed by atoms with Crippen molar-refractivity contribution in [2.45, 2.75) is 60.6 Å². The lowest BCUT2D eigenvalue weighted by molar-refractivity contribution is 0.276. The van der Waals surface area contributed by atoms with Crippen LogP contribution in [0.3, 0.4) is 0 Å². The van der Waals surface area contributed by atoms with Crippen molar-refractivity contribution in [2.24, 2.45) is 26.3 Å². The summed E-state index contributed by atoms with van der Waals surface area (Å²) in [5.74, 6) is 3.84. The zero-order valence-corrected chi connectivity index (χ0v) is 86.4. The molecule has 0 saturated carbocycles. The molecule has 0 aliphatic rings. The summed E-state index contributed by atoms with van der Waals surface area (Å²) in [6.07, 6.45) is 3.65. The predicted molar refractivity (Wildman–Crippen MR) is 567 cm³/mol. The van der Waals surface area contributed by atoms with Gasteiger partial charge in [0.2, 0.25) is 30.1 Å². The number of hydrogen-bond acceptors (Lipinski definition) is 23. The fourth-order valence-corrected chi connectivity index (χ4v) is 20.1. The minimum absolute atomic E-state index is 0.0377. The third kappa shape index (κ3) is 22.9. The normalized spacial score (nSPS) is 11.6. The molecule has 148 heavy (non-hydrogen) atoms. The van der Waals surface area contributed by atoms with E-state index in [0.29, 0.717) is 121 Å². The molecule has 0 spiro atoms. The monoisotopic (exact) mass is 2170 g/mol. The average Bonchev–Trinajstić information content (AvgIpc) is 1.57. The Labute approximate surface area is 875 Å². The molecule has 0 amide bonds. The molecule has 0 unspecified atom stereocenters. The Kier molecular flexibility index (Phi) is 32.4. The first kappa shape index (κ1) is 106. The van der Waals surface area contributed by atoms with E-state index in [1.54, 1.807) is 230 Å². The molecule has 9 aromatic heterocycles. The quantitative estimate of drug-likeness (QED) is 0.0410. The summed E-state index contributed by atoms with van der Waals surface area (Å²) in [4.78, 5) is 108. The molecule has 0 aliphatic heterocycles. The van der Waals surface area contributed by atoms with Crippen LogP contribution in [0, 0.1) is 0 Å². The van der Waals surface area contributed by atoms with Gasteiger partial charge < -0.3 is 24.1 Å². The maximum absolute atomic E-state index is 14.2. The number of imidazole rings is 3. The number of methoxy groups -OCH3 is 4. The lowest BCUT2D eigenvalue weighted by Gasteiger charge is -2.23.